The van der Waals surface area contributed by atoms with Gasteiger partial charge in [-0.25, -0.2) is 13.1 Å². The van der Waals surface area contributed by atoms with E-state index in [1.165, 1.54) is 17.8 Å². The van der Waals surface area contributed by atoms with Gasteiger partial charge in [0.2, 0.25) is 10.0 Å². The van der Waals surface area contributed by atoms with E-state index in [4.69, 9.17) is 5.73 Å². The zero-order valence-electron chi connectivity index (χ0n) is 10.9. The molecule has 1 aromatic heterocycles. The average Bonchev–Trinajstić information content (AvgIpc) is 2.93. The highest BCUT2D eigenvalue weighted by molar-refractivity contribution is 9.11. The van der Waals surface area contributed by atoms with Crippen LogP contribution < -0.4 is 10.5 Å². The monoisotopic (exact) mass is 366 g/mol. The fraction of sp³-hybridized carbons (Fsp3) is 0.667. The molecule has 0 radical (unpaired) electrons. The summed E-state index contributed by atoms with van der Waals surface area (Å²) in [5.41, 5.74) is 5.54. The minimum Gasteiger partial charge on any atom is -0.326 e. The molecule has 2 atom stereocenters. The van der Waals surface area contributed by atoms with Gasteiger partial charge < -0.3 is 5.73 Å². The molecule has 7 heteroatoms. The van der Waals surface area contributed by atoms with Gasteiger partial charge in [-0.1, -0.05) is 13.3 Å². The Morgan fingerprint density at radius 3 is 2.79 bits per heavy atom. The Kier molecular flexibility index (Phi) is 5.05. The van der Waals surface area contributed by atoms with Crippen molar-refractivity contribution in [1.29, 1.82) is 0 Å². The first-order chi connectivity index (χ1) is 8.92. The Balaban J connectivity index is 2.03. The molecule has 0 aromatic carbocycles. The zero-order chi connectivity index (χ0) is 14.0. The maximum Gasteiger partial charge on any atom is 0.242 e. The Labute approximate surface area is 127 Å². The van der Waals surface area contributed by atoms with Crippen LogP contribution in [0, 0.1) is 11.8 Å². The summed E-state index contributed by atoms with van der Waals surface area (Å²) in [5, 5.41) is 0. The first kappa shape index (κ1) is 15.4. The van der Waals surface area contributed by atoms with Gasteiger partial charge in [0.05, 0.1) is 3.79 Å². The number of sulfonamides is 1. The number of halogens is 1. The average molecular weight is 367 g/mol. The van der Waals surface area contributed by atoms with Crippen LogP contribution in [0.4, 0.5) is 0 Å². The molecule has 1 aliphatic carbocycles. The Morgan fingerprint density at radius 1 is 1.53 bits per heavy atom. The number of nitrogens with two attached hydrogens (primary N) is 1. The second-order valence-corrected chi connectivity index (χ2v) is 9.38. The minimum absolute atomic E-state index is 0.309. The van der Waals surface area contributed by atoms with Crippen molar-refractivity contribution < 1.29 is 8.42 Å². The van der Waals surface area contributed by atoms with Crippen molar-refractivity contribution in [3.05, 3.63) is 14.7 Å². The lowest BCUT2D eigenvalue weighted by molar-refractivity contribution is 0.498. The van der Waals surface area contributed by atoms with Crippen molar-refractivity contribution >= 4 is 37.3 Å². The van der Waals surface area contributed by atoms with E-state index >= 15 is 0 Å². The maximum absolute atomic E-state index is 12.2. The molecule has 0 saturated heterocycles. The topological polar surface area (TPSA) is 72.2 Å². The van der Waals surface area contributed by atoms with Crippen molar-refractivity contribution in [1.82, 2.24) is 4.72 Å². The van der Waals surface area contributed by atoms with Crippen LogP contribution >= 0.6 is 27.3 Å². The fourth-order valence-electron chi connectivity index (χ4n) is 2.50. The molecule has 1 aliphatic rings. The van der Waals surface area contributed by atoms with E-state index < -0.39 is 10.0 Å². The molecule has 1 heterocycles. The summed E-state index contributed by atoms with van der Waals surface area (Å²) in [6.45, 7) is 3.11. The fourth-order valence-corrected chi connectivity index (χ4v) is 6.17. The van der Waals surface area contributed by atoms with E-state index in [1.54, 1.807) is 6.07 Å². The molecule has 1 fully saturated rings. The smallest absolute Gasteiger partial charge is 0.242 e. The molecule has 3 N–H and O–H groups in total. The predicted octanol–water partition coefficient (Wildman–Crippen LogP) is 2.68. The van der Waals surface area contributed by atoms with Gasteiger partial charge in [0, 0.05) is 18.0 Å². The molecule has 0 amide bonds. The van der Waals surface area contributed by atoms with E-state index in [1.807, 2.05) is 0 Å². The molecule has 2 rings (SSSR count). The van der Waals surface area contributed by atoms with Crippen molar-refractivity contribution in [3.8, 4) is 0 Å². The molecule has 0 aliphatic heterocycles. The third-order valence-electron chi connectivity index (χ3n) is 3.56. The van der Waals surface area contributed by atoms with E-state index in [0.29, 0.717) is 33.6 Å². The summed E-state index contributed by atoms with van der Waals surface area (Å²) in [6, 6.07) is 1.65. The third kappa shape index (κ3) is 3.78. The molecule has 0 bridgehead atoms. The molecular formula is C12H19BrN2O2S2. The van der Waals surface area contributed by atoms with Gasteiger partial charge in [-0.3, -0.25) is 0 Å². The standard InChI is InChI=1S/C12H19BrN2O2S2/c1-8-2-3-9(4-8)7-15-19(16,17)11-5-10(6-14)18-12(11)13/h5,8-9,15H,2-4,6-7,14H2,1H3. The summed E-state index contributed by atoms with van der Waals surface area (Å²) in [4.78, 5) is 1.17. The molecule has 108 valence electrons. The lowest BCUT2D eigenvalue weighted by Gasteiger charge is -2.11. The van der Waals surface area contributed by atoms with E-state index in [-0.39, 0.29) is 0 Å². The lowest BCUT2D eigenvalue weighted by atomic mass is 10.1. The molecule has 1 aromatic rings. The van der Waals surface area contributed by atoms with Crippen LogP contribution in [-0.4, -0.2) is 15.0 Å². The van der Waals surface area contributed by atoms with Gasteiger partial charge in [0.25, 0.3) is 0 Å². The number of rotatable bonds is 5. The molecule has 1 saturated carbocycles. The Hall–Kier alpha value is 0.0500. The van der Waals surface area contributed by atoms with Crippen LogP contribution in [0.2, 0.25) is 0 Å². The van der Waals surface area contributed by atoms with E-state index in [9.17, 15) is 8.42 Å². The highest BCUT2D eigenvalue weighted by Gasteiger charge is 2.25. The van der Waals surface area contributed by atoms with Gasteiger partial charge in [-0.05, 0) is 46.7 Å². The largest absolute Gasteiger partial charge is 0.326 e. The van der Waals surface area contributed by atoms with Crippen molar-refractivity contribution in [2.24, 2.45) is 17.6 Å². The number of thiophene rings is 1. The van der Waals surface area contributed by atoms with Crippen LogP contribution in [0.3, 0.4) is 0 Å². The summed E-state index contributed by atoms with van der Waals surface area (Å²) in [6.07, 6.45) is 3.43. The number of nitrogens with one attached hydrogen (secondary N) is 1. The normalized spacial score (nSPS) is 23.9. The Morgan fingerprint density at radius 2 is 2.26 bits per heavy atom. The summed E-state index contributed by atoms with van der Waals surface area (Å²) >= 11 is 4.67. The van der Waals surface area contributed by atoms with Crippen molar-refractivity contribution in [2.45, 2.75) is 37.6 Å². The third-order valence-corrected chi connectivity index (χ3v) is 7.26. The van der Waals surface area contributed by atoms with Crippen LogP contribution in [0.15, 0.2) is 14.7 Å². The highest BCUT2D eigenvalue weighted by atomic mass is 79.9. The van der Waals surface area contributed by atoms with Gasteiger partial charge in [0.15, 0.2) is 0 Å². The van der Waals surface area contributed by atoms with Gasteiger partial charge in [0.1, 0.15) is 4.90 Å². The van der Waals surface area contributed by atoms with Crippen LogP contribution in [-0.2, 0) is 16.6 Å². The molecule has 19 heavy (non-hydrogen) atoms. The number of hydrogen-bond acceptors (Lipinski definition) is 4. The van der Waals surface area contributed by atoms with Gasteiger partial charge in [-0.2, -0.15) is 0 Å². The maximum atomic E-state index is 12.2. The van der Waals surface area contributed by atoms with Crippen LogP contribution in [0.5, 0.6) is 0 Å². The predicted molar refractivity (Wildman–Crippen MR) is 81.6 cm³/mol. The molecule has 2 unspecified atom stereocenters. The summed E-state index contributed by atoms with van der Waals surface area (Å²) in [7, 11) is -3.43. The van der Waals surface area contributed by atoms with Crippen molar-refractivity contribution in [2.75, 3.05) is 6.54 Å². The highest BCUT2D eigenvalue weighted by Crippen LogP contribution is 2.33. The van der Waals surface area contributed by atoms with Crippen molar-refractivity contribution in [3.63, 3.8) is 0 Å². The quantitative estimate of drug-likeness (QED) is 0.841. The first-order valence-corrected chi connectivity index (χ1v) is 9.49. The second kappa shape index (κ2) is 6.22. The SMILES string of the molecule is CC1CCC(CNS(=O)(=O)c2cc(CN)sc2Br)C1. The Bertz CT molecular complexity index is 542. The van der Waals surface area contributed by atoms with Crippen LogP contribution in [0.1, 0.15) is 31.1 Å². The number of hydrogen-bond donors (Lipinski definition) is 2. The summed E-state index contributed by atoms with van der Waals surface area (Å²) < 4.78 is 27.8. The zero-order valence-corrected chi connectivity index (χ0v) is 14.1. The minimum atomic E-state index is -3.43. The summed E-state index contributed by atoms with van der Waals surface area (Å²) in [5.74, 6) is 1.18. The van der Waals surface area contributed by atoms with E-state index in [2.05, 4.69) is 27.6 Å². The first-order valence-electron chi connectivity index (χ1n) is 6.40. The molecule has 0 spiro atoms. The second-order valence-electron chi connectivity index (χ2n) is 5.19. The van der Waals surface area contributed by atoms with Crippen LogP contribution in [0.25, 0.3) is 0 Å². The molecular weight excluding hydrogens is 348 g/mol. The van der Waals surface area contributed by atoms with E-state index in [0.717, 1.165) is 17.7 Å². The van der Waals surface area contributed by atoms with Gasteiger partial charge >= 0.3 is 0 Å². The lowest BCUT2D eigenvalue weighted by Crippen LogP contribution is -2.28. The van der Waals surface area contributed by atoms with Gasteiger partial charge in [-0.15, -0.1) is 11.3 Å². The molecule has 4 nitrogen and oxygen atoms in total.